The van der Waals surface area contributed by atoms with Crippen molar-refractivity contribution >= 4 is 10.1 Å². The summed E-state index contributed by atoms with van der Waals surface area (Å²) in [6, 6.07) is 0. The van der Waals surface area contributed by atoms with Crippen LogP contribution in [0.25, 0.3) is 0 Å². The van der Waals surface area contributed by atoms with Gasteiger partial charge in [0, 0.05) is 11.0 Å². The van der Waals surface area contributed by atoms with Crippen LogP contribution in [0, 0.1) is 45.8 Å². The van der Waals surface area contributed by atoms with Crippen LogP contribution >= 0.6 is 0 Å². The summed E-state index contributed by atoms with van der Waals surface area (Å²) in [5.41, 5.74) is 0.813. The molecule has 5 aliphatic rings. The molecule has 0 aliphatic heterocycles. The van der Waals surface area contributed by atoms with Crippen molar-refractivity contribution in [2.45, 2.75) is 110 Å². The van der Waals surface area contributed by atoms with Crippen molar-refractivity contribution in [1.29, 1.82) is 0 Å². The van der Waals surface area contributed by atoms with Crippen molar-refractivity contribution in [3.05, 3.63) is 24.5 Å². The maximum absolute atomic E-state index is 13.0. The summed E-state index contributed by atoms with van der Waals surface area (Å²) in [5, 5.41) is 0. The number of nitrogens with two attached hydrogens (primary N) is 1. The quantitative estimate of drug-likeness (QED) is 0.219. The summed E-state index contributed by atoms with van der Waals surface area (Å²) in [5.74, 6) is 2.46. The molecule has 0 spiro atoms. The molecular formula is C29H46F3NO3S. The van der Waals surface area contributed by atoms with E-state index in [1.165, 1.54) is 25.7 Å². The van der Waals surface area contributed by atoms with E-state index < -0.39 is 21.0 Å². The average Bonchev–Trinajstić information content (AvgIpc) is 3.17. The Morgan fingerprint density at radius 2 is 1.62 bits per heavy atom. The predicted octanol–water partition coefficient (Wildman–Crippen LogP) is 7.72. The Labute approximate surface area is 221 Å². The highest BCUT2D eigenvalue weighted by Gasteiger charge is 2.65. The minimum absolute atomic E-state index is 0.0250. The van der Waals surface area contributed by atoms with Crippen LogP contribution < -0.4 is 5.73 Å². The van der Waals surface area contributed by atoms with E-state index in [2.05, 4.69) is 20.4 Å². The fourth-order valence-corrected chi connectivity index (χ4v) is 10.8. The first-order chi connectivity index (χ1) is 17.0. The summed E-state index contributed by atoms with van der Waals surface area (Å²) in [6.45, 7) is 13.8. The first-order valence-corrected chi connectivity index (χ1v) is 15.5. The zero-order chi connectivity index (χ0) is 27.7. The molecule has 37 heavy (non-hydrogen) atoms. The van der Waals surface area contributed by atoms with Gasteiger partial charge < -0.3 is 9.92 Å². The zero-order valence-corrected chi connectivity index (χ0v) is 24.0. The molecule has 5 rings (SSSR count). The van der Waals surface area contributed by atoms with Gasteiger partial charge in [-0.15, -0.1) is 6.58 Å². The van der Waals surface area contributed by atoms with E-state index in [0.717, 1.165) is 32.1 Å². The third kappa shape index (κ3) is 4.40. The van der Waals surface area contributed by atoms with E-state index >= 15 is 0 Å². The highest BCUT2D eigenvalue weighted by atomic mass is 32.2. The zero-order valence-electron chi connectivity index (χ0n) is 23.2. The maximum Gasteiger partial charge on any atom is 0.534 e. The van der Waals surface area contributed by atoms with Crippen molar-refractivity contribution in [1.82, 2.24) is 0 Å². The van der Waals surface area contributed by atoms with E-state index in [1.807, 2.05) is 20.8 Å². The Kier molecular flexibility index (Phi) is 7.27. The largest absolute Gasteiger partial charge is 0.534 e. The molecule has 0 aromatic carbocycles. The number of halogens is 3. The number of hydrogen-bond donors (Lipinski definition) is 1. The van der Waals surface area contributed by atoms with Crippen LogP contribution in [0.15, 0.2) is 24.5 Å². The van der Waals surface area contributed by atoms with E-state index in [0.29, 0.717) is 30.1 Å². The van der Waals surface area contributed by atoms with Gasteiger partial charge in [0.15, 0.2) is 0 Å². The minimum Gasteiger partial charge on any atom is -0.380 e. The summed E-state index contributed by atoms with van der Waals surface area (Å²) < 4.78 is 67.5. The molecule has 0 saturated heterocycles. The minimum atomic E-state index is -5.67. The SMILES string of the molecule is C=CC.CC1(C)C(OS(=O)(=O)C(F)(F)F)=CCC2(C)C1CCC1(C)C3CCC4(N)CCC[C@@H]4C3CCC12. The second-order valence-corrected chi connectivity index (χ2v) is 15.2. The lowest BCUT2D eigenvalue weighted by atomic mass is 9.37. The number of hydrogen-bond acceptors (Lipinski definition) is 4. The van der Waals surface area contributed by atoms with Crippen LogP contribution in [0.4, 0.5) is 13.2 Å². The van der Waals surface area contributed by atoms with Gasteiger partial charge in [-0.2, -0.15) is 21.6 Å². The lowest BCUT2D eigenvalue weighted by Gasteiger charge is -2.68. The van der Waals surface area contributed by atoms with Gasteiger partial charge in [-0.05, 0) is 111 Å². The van der Waals surface area contributed by atoms with Crippen LogP contribution in [0.1, 0.15) is 98.8 Å². The van der Waals surface area contributed by atoms with Crippen molar-refractivity contribution < 1.29 is 25.8 Å². The Morgan fingerprint density at radius 3 is 2.24 bits per heavy atom. The van der Waals surface area contributed by atoms with Crippen LogP contribution in [0.2, 0.25) is 0 Å². The Bertz CT molecular complexity index is 1040. The topological polar surface area (TPSA) is 69.4 Å². The van der Waals surface area contributed by atoms with E-state index in [4.69, 9.17) is 9.92 Å². The molecule has 2 N–H and O–H groups in total. The van der Waals surface area contributed by atoms with E-state index in [-0.39, 0.29) is 28.0 Å². The Hall–Kier alpha value is -1.02. The summed E-state index contributed by atoms with van der Waals surface area (Å²) in [6.07, 6.45) is 14.1. The molecule has 8 heteroatoms. The average molecular weight is 546 g/mol. The van der Waals surface area contributed by atoms with E-state index in [9.17, 15) is 21.6 Å². The van der Waals surface area contributed by atoms with Crippen LogP contribution in [0.5, 0.6) is 0 Å². The van der Waals surface area contributed by atoms with Crippen molar-refractivity contribution in [2.75, 3.05) is 0 Å². The summed E-state index contributed by atoms with van der Waals surface area (Å²) >= 11 is 0. The van der Waals surface area contributed by atoms with Gasteiger partial charge in [-0.25, -0.2) is 0 Å². The van der Waals surface area contributed by atoms with Crippen molar-refractivity contribution in [3.8, 4) is 0 Å². The van der Waals surface area contributed by atoms with Gasteiger partial charge in [0.05, 0.1) is 0 Å². The second-order valence-electron chi connectivity index (χ2n) is 13.7. The third-order valence-corrected chi connectivity index (χ3v) is 12.5. The standard InChI is InChI=1S/C26H40F3NO3S.C3H6/c1-22(2)19-10-13-23(3)17-9-15-25(30)12-5-6-18(25)16(17)7-8-20(23)24(19,4)14-11-21(22)33-34(31,32)26(27,28)29;1-3-2/h11,16-20H,5-10,12-15,30H2,1-4H3;3H,1H2,2H3/t16?,17?,18-,19?,20?,23?,24?,25?;/m1./s1. The van der Waals surface area contributed by atoms with E-state index in [1.54, 1.807) is 12.2 Å². The number of rotatable bonds is 2. The first kappa shape index (κ1) is 29.0. The maximum atomic E-state index is 13.0. The number of fused-ring (bicyclic) bond motifs is 7. The number of allylic oxidation sites excluding steroid dienone is 3. The smallest absolute Gasteiger partial charge is 0.380 e. The third-order valence-electron chi connectivity index (χ3n) is 11.6. The lowest BCUT2D eigenvalue weighted by Crippen LogP contribution is -2.63. The highest BCUT2D eigenvalue weighted by Crippen LogP contribution is 2.71. The van der Waals surface area contributed by atoms with Gasteiger partial charge in [-0.1, -0.05) is 40.2 Å². The Morgan fingerprint density at radius 1 is 0.973 bits per heavy atom. The fourth-order valence-electron chi connectivity index (χ4n) is 10.2. The highest BCUT2D eigenvalue weighted by molar-refractivity contribution is 7.87. The molecule has 4 fully saturated rings. The molecule has 0 aromatic heterocycles. The van der Waals surface area contributed by atoms with Gasteiger partial charge in [0.25, 0.3) is 0 Å². The molecule has 7 unspecified atom stereocenters. The predicted molar refractivity (Wildman–Crippen MR) is 141 cm³/mol. The first-order valence-electron chi connectivity index (χ1n) is 14.1. The number of alkyl halides is 3. The monoisotopic (exact) mass is 545 g/mol. The summed E-state index contributed by atoms with van der Waals surface area (Å²) in [4.78, 5) is 0. The van der Waals surface area contributed by atoms with Crippen LogP contribution in [0.3, 0.4) is 0 Å². The Balaban J connectivity index is 0.00000102. The fraction of sp³-hybridized carbons (Fsp3) is 0.862. The molecule has 4 nitrogen and oxygen atoms in total. The molecule has 0 aromatic rings. The molecule has 212 valence electrons. The van der Waals surface area contributed by atoms with Crippen molar-refractivity contribution in [3.63, 3.8) is 0 Å². The van der Waals surface area contributed by atoms with Gasteiger partial charge in [0.1, 0.15) is 5.76 Å². The van der Waals surface area contributed by atoms with Crippen LogP contribution in [-0.4, -0.2) is 19.5 Å². The van der Waals surface area contributed by atoms with Crippen molar-refractivity contribution in [2.24, 2.45) is 51.6 Å². The molecule has 5 aliphatic carbocycles. The van der Waals surface area contributed by atoms with Gasteiger partial charge in [0.2, 0.25) is 0 Å². The molecule has 4 saturated carbocycles. The normalized spacial score (nSPS) is 44.6. The lowest BCUT2D eigenvalue weighted by molar-refractivity contribution is -0.177. The molecule has 0 radical (unpaired) electrons. The molecule has 8 atom stereocenters. The van der Waals surface area contributed by atoms with Gasteiger partial charge in [-0.3, -0.25) is 0 Å². The molecule has 0 amide bonds. The van der Waals surface area contributed by atoms with Gasteiger partial charge >= 0.3 is 15.6 Å². The van der Waals surface area contributed by atoms with Crippen LogP contribution in [-0.2, 0) is 14.3 Å². The molecule has 0 bridgehead atoms. The molecular weight excluding hydrogens is 499 g/mol. The molecule has 0 heterocycles. The summed E-state index contributed by atoms with van der Waals surface area (Å²) in [7, 11) is -5.67. The second kappa shape index (κ2) is 9.28.